The first-order chi connectivity index (χ1) is 6.74. The Morgan fingerprint density at radius 3 is 2.50 bits per heavy atom. The summed E-state index contributed by atoms with van der Waals surface area (Å²) < 4.78 is 0. The van der Waals surface area contributed by atoms with Crippen LogP contribution in [0.5, 0.6) is 0 Å². The summed E-state index contributed by atoms with van der Waals surface area (Å²) in [5, 5.41) is 16.0. The molecule has 3 N–H and O–H groups in total. The molecular formula is C11H24N2O. The van der Waals surface area contributed by atoms with E-state index in [-0.39, 0.29) is 0 Å². The van der Waals surface area contributed by atoms with Gasteiger partial charge in [-0.3, -0.25) is 0 Å². The Balaban J connectivity index is 2.38. The van der Waals surface area contributed by atoms with Gasteiger partial charge < -0.3 is 15.7 Å². The highest BCUT2D eigenvalue weighted by Crippen LogP contribution is 2.18. The van der Waals surface area contributed by atoms with E-state index in [1.165, 1.54) is 12.8 Å². The average molecular weight is 200 g/mol. The average Bonchev–Trinajstić information content (AvgIpc) is 2.18. The van der Waals surface area contributed by atoms with Crippen molar-refractivity contribution >= 4 is 0 Å². The Hall–Kier alpha value is -0.120. The molecule has 84 valence electrons. The fraction of sp³-hybridized carbons (Fsp3) is 1.00. The van der Waals surface area contributed by atoms with Gasteiger partial charge in [0, 0.05) is 18.7 Å². The van der Waals surface area contributed by atoms with Gasteiger partial charge in [0.15, 0.2) is 0 Å². The Bertz CT molecular complexity index is 144. The molecule has 0 aromatic carbocycles. The van der Waals surface area contributed by atoms with Crippen molar-refractivity contribution in [1.82, 2.24) is 10.6 Å². The van der Waals surface area contributed by atoms with Crippen molar-refractivity contribution in [2.45, 2.75) is 45.2 Å². The molecule has 14 heavy (non-hydrogen) atoms. The molecule has 1 aliphatic rings. The fourth-order valence-corrected chi connectivity index (χ4v) is 2.27. The highest BCUT2D eigenvalue weighted by atomic mass is 16.3. The Kier molecular flexibility index (Phi) is 5.45. The van der Waals surface area contributed by atoms with Crippen molar-refractivity contribution in [2.24, 2.45) is 5.92 Å². The van der Waals surface area contributed by atoms with Gasteiger partial charge in [-0.25, -0.2) is 0 Å². The molecule has 1 heterocycles. The number of rotatable bonds is 5. The lowest BCUT2D eigenvalue weighted by atomic mass is 9.88. The van der Waals surface area contributed by atoms with Gasteiger partial charge in [0.1, 0.15) is 0 Å². The van der Waals surface area contributed by atoms with Crippen LogP contribution in [0.25, 0.3) is 0 Å². The fourth-order valence-electron chi connectivity index (χ4n) is 2.27. The zero-order valence-corrected chi connectivity index (χ0v) is 9.42. The van der Waals surface area contributed by atoms with Crippen LogP contribution in [0.3, 0.4) is 0 Å². The second-order valence-electron chi connectivity index (χ2n) is 4.53. The van der Waals surface area contributed by atoms with Crippen molar-refractivity contribution in [3.63, 3.8) is 0 Å². The normalized spacial score (nSPS) is 21.4. The molecular weight excluding hydrogens is 176 g/mol. The number of piperidine rings is 1. The van der Waals surface area contributed by atoms with E-state index in [1.54, 1.807) is 0 Å². The molecule has 1 aliphatic heterocycles. The van der Waals surface area contributed by atoms with Gasteiger partial charge in [-0.05, 0) is 38.3 Å². The molecule has 0 saturated carbocycles. The number of aliphatic hydroxyl groups is 1. The first kappa shape index (κ1) is 12.0. The van der Waals surface area contributed by atoms with E-state index < -0.39 is 0 Å². The summed E-state index contributed by atoms with van der Waals surface area (Å²) in [4.78, 5) is 0. The van der Waals surface area contributed by atoms with Crippen LogP contribution in [0.1, 0.15) is 33.1 Å². The van der Waals surface area contributed by atoms with E-state index in [2.05, 4.69) is 24.5 Å². The van der Waals surface area contributed by atoms with Crippen LogP contribution in [0.2, 0.25) is 0 Å². The summed E-state index contributed by atoms with van der Waals surface area (Å²) in [5.41, 5.74) is 0. The second-order valence-corrected chi connectivity index (χ2v) is 4.53. The highest BCUT2D eigenvalue weighted by molar-refractivity contribution is 4.81. The van der Waals surface area contributed by atoms with Crippen LogP contribution in [-0.2, 0) is 0 Å². The number of hydrogen-bond donors (Lipinski definition) is 3. The predicted octanol–water partition coefficient (Wildman–Crippen LogP) is 0.735. The molecule has 1 atom stereocenters. The topological polar surface area (TPSA) is 44.3 Å². The van der Waals surface area contributed by atoms with E-state index >= 15 is 0 Å². The maximum atomic E-state index is 9.02. The lowest BCUT2D eigenvalue weighted by molar-refractivity contribution is 0.205. The Morgan fingerprint density at radius 2 is 2.00 bits per heavy atom. The van der Waals surface area contributed by atoms with Crippen LogP contribution in [0.15, 0.2) is 0 Å². The van der Waals surface area contributed by atoms with Crippen LogP contribution in [-0.4, -0.2) is 36.9 Å². The van der Waals surface area contributed by atoms with Crippen molar-refractivity contribution in [2.75, 3.05) is 19.7 Å². The molecule has 3 heteroatoms. The lowest BCUT2D eigenvalue weighted by Crippen LogP contribution is -2.44. The van der Waals surface area contributed by atoms with E-state index in [4.69, 9.17) is 5.11 Å². The van der Waals surface area contributed by atoms with Gasteiger partial charge in [-0.15, -0.1) is 0 Å². The van der Waals surface area contributed by atoms with Gasteiger partial charge in [-0.2, -0.15) is 0 Å². The minimum Gasteiger partial charge on any atom is -0.396 e. The number of hydrogen-bond acceptors (Lipinski definition) is 3. The smallest absolute Gasteiger partial charge is 0.0445 e. The highest BCUT2D eigenvalue weighted by Gasteiger charge is 2.23. The first-order valence-corrected chi connectivity index (χ1v) is 5.81. The SMILES string of the molecule is CC(C)NC(CCO)C1CCNCC1. The summed E-state index contributed by atoms with van der Waals surface area (Å²) in [7, 11) is 0. The van der Waals surface area contributed by atoms with Crippen molar-refractivity contribution < 1.29 is 5.11 Å². The zero-order chi connectivity index (χ0) is 10.4. The van der Waals surface area contributed by atoms with Crippen LogP contribution in [0.4, 0.5) is 0 Å². The van der Waals surface area contributed by atoms with Crippen molar-refractivity contribution in [1.29, 1.82) is 0 Å². The minimum atomic E-state index is 0.300. The van der Waals surface area contributed by atoms with Gasteiger partial charge in [0.25, 0.3) is 0 Å². The largest absolute Gasteiger partial charge is 0.396 e. The van der Waals surface area contributed by atoms with E-state index in [0.717, 1.165) is 25.4 Å². The summed E-state index contributed by atoms with van der Waals surface area (Å²) in [6.45, 7) is 6.91. The molecule has 1 fully saturated rings. The number of nitrogens with one attached hydrogen (secondary N) is 2. The first-order valence-electron chi connectivity index (χ1n) is 5.81. The zero-order valence-electron chi connectivity index (χ0n) is 9.42. The Morgan fingerprint density at radius 1 is 1.36 bits per heavy atom. The molecule has 1 saturated heterocycles. The molecule has 3 nitrogen and oxygen atoms in total. The molecule has 1 rings (SSSR count). The lowest BCUT2D eigenvalue weighted by Gasteiger charge is -2.32. The van der Waals surface area contributed by atoms with Gasteiger partial charge in [0.05, 0.1) is 0 Å². The minimum absolute atomic E-state index is 0.300. The maximum Gasteiger partial charge on any atom is 0.0445 e. The van der Waals surface area contributed by atoms with Gasteiger partial charge in [0.2, 0.25) is 0 Å². The molecule has 0 aromatic rings. The van der Waals surface area contributed by atoms with Gasteiger partial charge >= 0.3 is 0 Å². The van der Waals surface area contributed by atoms with E-state index in [1.807, 2.05) is 0 Å². The standard InChI is InChI=1S/C11H24N2O/c1-9(2)13-11(5-8-14)10-3-6-12-7-4-10/h9-14H,3-8H2,1-2H3. The van der Waals surface area contributed by atoms with Gasteiger partial charge in [-0.1, -0.05) is 13.8 Å². The molecule has 0 bridgehead atoms. The summed E-state index contributed by atoms with van der Waals surface area (Å²) in [6, 6.07) is 1.02. The molecule has 0 radical (unpaired) electrons. The predicted molar refractivity (Wildman–Crippen MR) is 59.4 cm³/mol. The van der Waals surface area contributed by atoms with Crippen molar-refractivity contribution in [3.05, 3.63) is 0 Å². The maximum absolute atomic E-state index is 9.02. The third kappa shape index (κ3) is 3.95. The molecule has 0 spiro atoms. The second kappa shape index (κ2) is 6.38. The third-order valence-corrected chi connectivity index (χ3v) is 2.94. The number of aliphatic hydroxyl groups excluding tert-OH is 1. The summed E-state index contributed by atoms with van der Waals surface area (Å²) >= 11 is 0. The van der Waals surface area contributed by atoms with Crippen molar-refractivity contribution in [3.8, 4) is 0 Å². The Labute approximate surface area is 87.3 Å². The monoisotopic (exact) mass is 200 g/mol. The summed E-state index contributed by atoms with van der Waals surface area (Å²) in [6.07, 6.45) is 3.37. The summed E-state index contributed by atoms with van der Waals surface area (Å²) in [5.74, 6) is 0.741. The molecule has 1 unspecified atom stereocenters. The third-order valence-electron chi connectivity index (χ3n) is 2.94. The quantitative estimate of drug-likeness (QED) is 0.613. The van der Waals surface area contributed by atoms with Crippen LogP contribution >= 0.6 is 0 Å². The molecule has 0 amide bonds. The molecule has 0 aromatic heterocycles. The molecule has 0 aliphatic carbocycles. The van der Waals surface area contributed by atoms with Crippen LogP contribution in [0, 0.1) is 5.92 Å². The van der Waals surface area contributed by atoms with E-state index in [0.29, 0.717) is 18.7 Å². The van der Waals surface area contributed by atoms with Crippen LogP contribution < -0.4 is 10.6 Å². The van der Waals surface area contributed by atoms with E-state index in [9.17, 15) is 0 Å².